The summed E-state index contributed by atoms with van der Waals surface area (Å²) in [5.41, 5.74) is 1.09. The number of halogens is 1. The second kappa shape index (κ2) is 7.73. The Bertz CT molecular complexity index is 548. The summed E-state index contributed by atoms with van der Waals surface area (Å²) >= 11 is 0. The first-order valence-electron chi connectivity index (χ1n) is 7.38. The van der Waals surface area contributed by atoms with E-state index in [4.69, 9.17) is 0 Å². The van der Waals surface area contributed by atoms with Crippen LogP contribution in [0.3, 0.4) is 0 Å². The SMILES string of the molecule is COC(=O)/C=C/CCNC(=O)C1CC(c2ccc(F)cc2)C1. The van der Waals surface area contributed by atoms with Crippen molar-refractivity contribution in [2.75, 3.05) is 13.7 Å². The van der Waals surface area contributed by atoms with Gasteiger partial charge in [-0.05, 0) is 42.9 Å². The van der Waals surface area contributed by atoms with Crippen molar-refractivity contribution in [3.63, 3.8) is 0 Å². The predicted molar refractivity (Wildman–Crippen MR) is 80.6 cm³/mol. The first-order chi connectivity index (χ1) is 10.6. The Balaban J connectivity index is 1.65. The van der Waals surface area contributed by atoms with E-state index in [-0.39, 0.29) is 17.6 Å². The first kappa shape index (κ1) is 16.2. The molecule has 0 unspecified atom stereocenters. The number of benzene rings is 1. The number of carbonyl (C=O) groups is 2. The molecular formula is C17H20FNO3. The van der Waals surface area contributed by atoms with Gasteiger partial charge in [-0.25, -0.2) is 9.18 Å². The molecule has 1 amide bonds. The highest BCUT2D eigenvalue weighted by Gasteiger charge is 2.34. The Hall–Kier alpha value is -2.17. The molecule has 1 aliphatic carbocycles. The lowest BCUT2D eigenvalue weighted by Gasteiger charge is -2.34. The van der Waals surface area contributed by atoms with E-state index in [1.165, 1.54) is 25.3 Å². The highest BCUT2D eigenvalue weighted by Crippen LogP contribution is 2.41. The summed E-state index contributed by atoms with van der Waals surface area (Å²) in [5, 5.41) is 2.86. The number of carbonyl (C=O) groups excluding carboxylic acids is 2. The van der Waals surface area contributed by atoms with Crippen molar-refractivity contribution in [3.05, 3.63) is 47.8 Å². The largest absolute Gasteiger partial charge is 0.466 e. The fourth-order valence-electron chi connectivity index (χ4n) is 2.51. The number of ether oxygens (including phenoxy) is 1. The quantitative estimate of drug-likeness (QED) is 0.499. The Morgan fingerprint density at radius 3 is 2.64 bits per heavy atom. The molecule has 0 aromatic heterocycles. The van der Waals surface area contributed by atoms with E-state index < -0.39 is 5.97 Å². The minimum atomic E-state index is -0.396. The van der Waals surface area contributed by atoms with Crippen LogP contribution in [0.5, 0.6) is 0 Å². The molecule has 1 aliphatic rings. The summed E-state index contributed by atoms with van der Waals surface area (Å²) in [4.78, 5) is 22.8. The van der Waals surface area contributed by atoms with E-state index in [2.05, 4.69) is 10.1 Å². The predicted octanol–water partition coefficient (Wildman–Crippen LogP) is 2.55. The van der Waals surface area contributed by atoms with Gasteiger partial charge in [-0.1, -0.05) is 18.2 Å². The van der Waals surface area contributed by atoms with E-state index >= 15 is 0 Å². The molecule has 4 nitrogen and oxygen atoms in total. The normalized spacial score (nSPS) is 20.5. The Kier molecular flexibility index (Phi) is 5.69. The lowest BCUT2D eigenvalue weighted by atomic mass is 9.71. The molecule has 1 saturated carbocycles. The lowest BCUT2D eigenvalue weighted by Crippen LogP contribution is -2.38. The van der Waals surface area contributed by atoms with Gasteiger partial charge in [0.2, 0.25) is 5.91 Å². The van der Waals surface area contributed by atoms with E-state index in [1.807, 2.05) is 0 Å². The van der Waals surface area contributed by atoms with Crippen LogP contribution < -0.4 is 5.32 Å². The standard InChI is InChI=1S/C17H20FNO3/c1-22-16(20)4-2-3-9-19-17(21)14-10-13(11-14)12-5-7-15(18)8-6-12/h2,4-8,13-14H,3,9-11H2,1H3,(H,19,21)/b4-2+. The van der Waals surface area contributed by atoms with Gasteiger partial charge in [0.15, 0.2) is 0 Å². The third-order valence-corrected chi connectivity index (χ3v) is 3.92. The number of hydrogen-bond acceptors (Lipinski definition) is 3. The average Bonchev–Trinajstić information content (AvgIpc) is 2.47. The summed E-state index contributed by atoms with van der Waals surface area (Å²) in [6, 6.07) is 6.48. The van der Waals surface area contributed by atoms with E-state index in [9.17, 15) is 14.0 Å². The third-order valence-electron chi connectivity index (χ3n) is 3.92. The van der Waals surface area contributed by atoms with Gasteiger partial charge in [0.1, 0.15) is 5.82 Å². The summed E-state index contributed by atoms with van der Waals surface area (Å²) in [6.45, 7) is 0.504. The average molecular weight is 305 g/mol. The fraction of sp³-hybridized carbons (Fsp3) is 0.412. The van der Waals surface area contributed by atoms with E-state index in [1.54, 1.807) is 18.2 Å². The van der Waals surface area contributed by atoms with Crippen molar-refractivity contribution in [2.24, 2.45) is 5.92 Å². The lowest BCUT2D eigenvalue weighted by molar-refractivity contribution is -0.134. The third kappa shape index (κ3) is 4.41. The molecule has 1 N–H and O–H groups in total. The maximum atomic E-state index is 12.9. The number of hydrogen-bond donors (Lipinski definition) is 1. The highest BCUT2D eigenvalue weighted by atomic mass is 19.1. The Morgan fingerprint density at radius 2 is 2.00 bits per heavy atom. The van der Waals surface area contributed by atoms with Crippen molar-refractivity contribution in [1.29, 1.82) is 0 Å². The maximum Gasteiger partial charge on any atom is 0.330 e. The van der Waals surface area contributed by atoms with Crippen molar-refractivity contribution < 1.29 is 18.7 Å². The van der Waals surface area contributed by atoms with Crippen LogP contribution in [0, 0.1) is 11.7 Å². The number of methoxy groups -OCH3 is 1. The number of rotatable bonds is 6. The minimum Gasteiger partial charge on any atom is -0.466 e. The zero-order chi connectivity index (χ0) is 15.9. The molecule has 118 valence electrons. The van der Waals surface area contributed by atoms with Gasteiger partial charge in [-0.2, -0.15) is 0 Å². The number of esters is 1. The van der Waals surface area contributed by atoms with Crippen molar-refractivity contribution >= 4 is 11.9 Å². The van der Waals surface area contributed by atoms with Crippen LogP contribution in [0.4, 0.5) is 4.39 Å². The van der Waals surface area contributed by atoms with Crippen LogP contribution in [0.2, 0.25) is 0 Å². The van der Waals surface area contributed by atoms with Crippen molar-refractivity contribution in [2.45, 2.75) is 25.2 Å². The van der Waals surface area contributed by atoms with Crippen LogP contribution in [0.1, 0.15) is 30.7 Å². The molecule has 0 heterocycles. The second-order valence-corrected chi connectivity index (χ2v) is 5.42. The minimum absolute atomic E-state index is 0.0274. The maximum absolute atomic E-state index is 12.9. The topological polar surface area (TPSA) is 55.4 Å². The van der Waals surface area contributed by atoms with Crippen LogP contribution in [-0.4, -0.2) is 25.5 Å². The van der Waals surface area contributed by atoms with Crippen LogP contribution in [-0.2, 0) is 14.3 Å². The zero-order valence-electron chi connectivity index (χ0n) is 12.5. The van der Waals surface area contributed by atoms with E-state index in [0.717, 1.165) is 18.4 Å². The Morgan fingerprint density at radius 1 is 1.32 bits per heavy atom. The van der Waals surface area contributed by atoms with Gasteiger partial charge in [0, 0.05) is 18.5 Å². The summed E-state index contributed by atoms with van der Waals surface area (Å²) in [6.07, 6.45) is 5.22. The van der Waals surface area contributed by atoms with Gasteiger partial charge in [0.05, 0.1) is 7.11 Å². The highest BCUT2D eigenvalue weighted by molar-refractivity contribution is 5.81. The van der Waals surface area contributed by atoms with Crippen LogP contribution >= 0.6 is 0 Å². The van der Waals surface area contributed by atoms with Gasteiger partial charge in [-0.15, -0.1) is 0 Å². The van der Waals surface area contributed by atoms with Crippen molar-refractivity contribution in [3.8, 4) is 0 Å². The molecule has 5 heteroatoms. The van der Waals surface area contributed by atoms with Gasteiger partial charge >= 0.3 is 5.97 Å². The van der Waals surface area contributed by atoms with Crippen molar-refractivity contribution in [1.82, 2.24) is 5.32 Å². The van der Waals surface area contributed by atoms with Gasteiger partial charge in [0.25, 0.3) is 0 Å². The monoisotopic (exact) mass is 305 g/mol. The van der Waals surface area contributed by atoms with E-state index in [0.29, 0.717) is 18.9 Å². The molecule has 0 spiro atoms. The molecule has 1 aromatic rings. The molecule has 2 rings (SSSR count). The molecule has 22 heavy (non-hydrogen) atoms. The molecule has 0 aliphatic heterocycles. The molecule has 1 fully saturated rings. The molecule has 0 radical (unpaired) electrons. The molecule has 1 aromatic carbocycles. The zero-order valence-corrected chi connectivity index (χ0v) is 12.5. The fourth-order valence-corrected chi connectivity index (χ4v) is 2.51. The first-order valence-corrected chi connectivity index (χ1v) is 7.38. The Labute approximate surface area is 129 Å². The smallest absolute Gasteiger partial charge is 0.330 e. The van der Waals surface area contributed by atoms with Gasteiger partial charge in [-0.3, -0.25) is 4.79 Å². The molecular weight excluding hydrogens is 285 g/mol. The number of nitrogens with one attached hydrogen (secondary N) is 1. The molecule has 0 bridgehead atoms. The molecule has 0 saturated heterocycles. The summed E-state index contributed by atoms with van der Waals surface area (Å²) in [5.74, 6) is -0.218. The van der Waals surface area contributed by atoms with Crippen LogP contribution in [0.15, 0.2) is 36.4 Å². The van der Waals surface area contributed by atoms with Gasteiger partial charge < -0.3 is 10.1 Å². The summed E-state index contributed by atoms with van der Waals surface area (Å²) in [7, 11) is 1.32. The number of amides is 1. The molecule has 0 atom stereocenters. The van der Waals surface area contributed by atoms with Crippen LogP contribution in [0.25, 0.3) is 0 Å². The second-order valence-electron chi connectivity index (χ2n) is 5.42. The summed E-state index contributed by atoms with van der Waals surface area (Å²) < 4.78 is 17.3.